The summed E-state index contributed by atoms with van der Waals surface area (Å²) in [5.41, 5.74) is -1.09. The number of amides is 1. The largest absolute Gasteiger partial charge is 0.478 e. The van der Waals surface area contributed by atoms with Crippen LogP contribution in [0.2, 0.25) is 5.02 Å². The van der Waals surface area contributed by atoms with Crippen molar-refractivity contribution in [2.75, 3.05) is 51.3 Å². The minimum Gasteiger partial charge on any atom is -0.478 e. The summed E-state index contributed by atoms with van der Waals surface area (Å²) in [6, 6.07) is 5.49. The number of unbranched alkanes of at least 4 members (excludes halogenated alkanes) is 1. The first kappa shape index (κ1) is 26.5. The van der Waals surface area contributed by atoms with Crippen LogP contribution in [-0.4, -0.2) is 67.1 Å². The molecule has 0 aliphatic carbocycles. The normalized spacial score (nSPS) is 14.6. The van der Waals surface area contributed by atoms with Crippen LogP contribution >= 0.6 is 11.6 Å². The summed E-state index contributed by atoms with van der Waals surface area (Å²) < 4.78 is 45.6. The lowest BCUT2D eigenvalue weighted by Crippen LogP contribution is -2.44. The number of likely N-dealkylation sites (N-methyl/N-ethyl adjacent to an activating group) is 1. The van der Waals surface area contributed by atoms with Gasteiger partial charge < -0.3 is 19.9 Å². The van der Waals surface area contributed by atoms with E-state index in [2.05, 4.69) is 15.2 Å². The van der Waals surface area contributed by atoms with E-state index < -0.39 is 22.6 Å². The number of nitrogens with zero attached hydrogens (tertiary/aromatic N) is 4. The Balaban J connectivity index is 1.52. The highest BCUT2D eigenvalue weighted by Gasteiger charge is 2.33. The number of alkyl halides is 3. The van der Waals surface area contributed by atoms with Crippen molar-refractivity contribution in [2.24, 2.45) is 0 Å². The Morgan fingerprint density at radius 1 is 1.20 bits per heavy atom. The third-order valence-electron chi connectivity index (χ3n) is 5.45. The number of nitro groups is 1. The molecule has 1 saturated heterocycles. The minimum absolute atomic E-state index is 0.0123. The summed E-state index contributed by atoms with van der Waals surface area (Å²) in [4.78, 5) is 30.7. The molecule has 1 amide bonds. The van der Waals surface area contributed by atoms with Crippen LogP contribution in [0.4, 0.5) is 24.7 Å². The molecule has 2 heterocycles. The van der Waals surface area contributed by atoms with Crippen LogP contribution in [-0.2, 0) is 6.18 Å². The van der Waals surface area contributed by atoms with E-state index >= 15 is 0 Å². The number of anilines is 1. The fourth-order valence-electron chi connectivity index (χ4n) is 3.43. The summed E-state index contributed by atoms with van der Waals surface area (Å²) in [7, 11) is 1.95. The Hall–Kier alpha value is -3.12. The molecule has 1 N–H and O–H groups in total. The molecule has 1 aliphatic rings. The molecule has 1 aromatic heterocycles. The molecule has 1 aromatic carbocycles. The summed E-state index contributed by atoms with van der Waals surface area (Å²) in [5, 5.41) is 13.6. The van der Waals surface area contributed by atoms with Gasteiger partial charge in [-0.15, -0.1) is 0 Å². The van der Waals surface area contributed by atoms with Gasteiger partial charge in [-0.1, -0.05) is 11.6 Å². The number of benzene rings is 1. The number of aromatic nitrogens is 1. The van der Waals surface area contributed by atoms with Gasteiger partial charge in [-0.3, -0.25) is 14.9 Å². The fourth-order valence-corrected chi connectivity index (χ4v) is 3.63. The molecule has 35 heavy (non-hydrogen) atoms. The SMILES string of the molecule is CN1CCN(c2cc(C(F)(F)F)cc(OCCCCNC(=O)c3cc([N+](=O)[O-])ccc3Cl)n2)CC1. The molecule has 0 saturated carbocycles. The van der Waals surface area contributed by atoms with Gasteiger partial charge in [0.05, 0.1) is 27.7 Å². The van der Waals surface area contributed by atoms with Gasteiger partial charge in [-0.05, 0) is 32.0 Å². The molecule has 190 valence electrons. The zero-order chi connectivity index (χ0) is 25.6. The second kappa shape index (κ2) is 11.5. The van der Waals surface area contributed by atoms with E-state index in [9.17, 15) is 28.1 Å². The molecular formula is C22H25ClF3N5O4. The lowest BCUT2D eigenvalue weighted by atomic mass is 10.2. The summed E-state index contributed by atoms with van der Waals surface area (Å²) in [5.74, 6) is -0.443. The third kappa shape index (κ3) is 7.43. The molecule has 0 bridgehead atoms. The van der Waals surface area contributed by atoms with E-state index in [1.165, 1.54) is 12.1 Å². The van der Waals surface area contributed by atoms with Gasteiger partial charge in [0.1, 0.15) is 5.82 Å². The van der Waals surface area contributed by atoms with Crippen molar-refractivity contribution in [2.45, 2.75) is 19.0 Å². The number of piperazine rings is 1. The number of carbonyl (C=O) groups is 1. The first-order chi connectivity index (χ1) is 16.5. The minimum atomic E-state index is -4.53. The zero-order valence-electron chi connectivity index (χ0n) is 19.0. The highest BCUT2D eigenvalue weighted by molar-refractivity contribution is 6.33. The van der Waals surface area contributed by atoms with Crippen LogP contribution in [0.25, 0.3) is 0 Å². The van der Waals surface area contributed by atoms with Crippen molar-refractivity contribution < 1.29 is 27.6 Å². The molecule has 9 nitrogen and oxygen atoms in total. The summed E-state index contributed by atoms with van der Waals surface area (Å²) in [6.45, 7) is 2.91. The predicted molar refractivity (Wildman–Crippen MR) is 124 cm³/mol. The van der Waals surface area contributed by atoms with Gasteiger partial charge in [-0.25, -0.2) is 0 Å². The lowest BCUT2D eigenvalue weighted by molar-refractivity contribution is -0.384. The molecule has 0 atom stereocenters. The topological polar surface area (TPSA) is 101 Å². The van der Waals surface area contributed by atoms with Crippen molar-refractivity contribution in [3.05, 3.63) is 56.6 Å². The number of nitrogens with one attached hydrogen (secondary N) is 1. The van der Waals surface area contributed by atoms with Crippen LogP contribution < -0.4 is 15.0 Å². The number of halogens is 4. The Morgan fingerprint density at radius 3 is 2.57 bits per heavy atom. The summed E-state index contributed by atoms with van der Waals surface area (Å²) >= 11 is 5.95. The number of non-ortho nitro benzene ring substituents is 1. The Labute approximate surface area is 205 Å². The number of ether oxygens (including phenoxy) is 1. The van der Waals surface area contributed by atoms with Crippen LogP contribution in [0, 0.1) is 10.1 Å². The van der Waals surface area contributed by atoms with Gasteiger partial charge in [0.15, 0.2) is 0 Å². The van der Waals surface area contributed by atoms with Crippen LogP contribution in [0.3, 0.4) is 0 Å². The third-order valence-corrected chi connectivity index (χ3v) is 5.78. The van der Waals surface area contributed by atoms with E-state index in [0.29, 0.717) is 25.9 Å². The van der Waals surface area contributed by atoms with Crippen molar-refractivity contribution in [1.29, 1.82) is 0 Å². The Kier molecular flexibility index (Phi) is 8.73. The van der Waals surface area contributed by atoms with Crippen molar-refractivity contribution >= 4 is 29.0 Å². The zero-order valence-corrected chi connectivity index (χ0v) is 19.7. The number of rotatable bonds is 9. The van der Waals surface area contributed by atoms with Gasteiger partial charge >= 0.3 is 6.18 Å². The van der Waals surface area contributed by atoms with Crippen LogP contribution in [0.5, 0.6) is 5.88 Å². The van der Waals surface area contributed by atoms with E-state index in [1.54, 1.807) is 4.90 Å². The fraction of sp³-hybridized carbons (Fsp3) is 0.455. The van der Waals surface area contributed by atoms with Crippen LogP contribution in [0.15, 0.2) is 30.3 Å². The van der Waals surface area contributed by atoms with Crippen LogP contribution in [0.1, 0.15) is 28.8 Å². The Morgan fingerprint density at radius 2 is 1.91 bits per heavy atom. The van der Waals surface area contributed by atoms with Crippen molar-refractivity contribution in [1.82, 2.24) is 15.2 Å². The van der Waals surface area contributed by atoms with Gasteiger partial charge in [0.25, 0.3) is 11.6 Å². The highest BCUT2D eigenvalue weighted by Crippen LogP contribution is 2.33. The molecule has 0 radical (unpaired) electrons. The monoisotopic (exact) mass is 515 g/mol. The van der Waals surface area contributed by atoms with Gasteiger partial charge in [-0.2, -0.15) is 18.2 Å². The maximum absolute atomic E-state index is 13.4. The van der Waals surface area contributed by atoms with Gasteiger partial charge in [0.2, 0.25) is 5.88 Å². The second-order valence-corrected chi connectivity index (χ2v) is 8.48. The molecule has 0 unspecified atom stereocenters. The van der Waals surface area contributed by atoms with E-state index in [0.717, 1.165) is 31.3 Å². The van der Waals surface area contributed by atoms with E-state index in [-0.39, 0.29) is 41.1 Å². The molecular weight excluding hydrogens is 491 g/mol. The first-order valence-electron chi connectivity index (χ1n) is 10.9. The standard InChI is InChI=1S/C22H25ClF3N5O4/c1-29-7-9-30(10-8-29)19-12-15(22(24,25)26)13-20(28-19)35-11-3-2-6-27-21(32)17-14-16(31(33)34)4-5-18(17)23/h4-5,12-14H,2-3,6-11H2,1H3,(H,27,32). The van der Waals surface area contributed by atoms with E-state index in [1.807, 2.05) is 7.05 Å². The number of pyridine rings is 1. The molecule has 2 aromatic rings. The molecule has 13 heteroatoms. The first-order valence-corrected chi connectivity index (χ1v) is 11.3. The smallest absolute Gasteiger partial charge is 0.416 e. The summed E-state index contributed by atoms with van der Waals surface area (Å²) in [6.07, 6.45) is -3.63. The lowest BCUT2D eigenvalue weighted by Gasteiger charge is -2.33. The maximum atomic E-state index is 13.4. The molecule has 1 aliphatic heterocycles. The highest BCUT2D eigenvalue weighted by atomic mass is 35.5. The van der Waals surface area contributed by atoms with E-state index in [4.69, 9.17) is 16.3 Å². The molecule has 3 rings (SSSR count). The average molecular weight is 516 g/mol. The van der Waals surface area contributed by atoms with Crippen molar-refractivity contribution in [3.63, 3.8) is 0 Å². The average Bonchev–Trinajstić information content (AvgIpc) is 2.81. The number of hydrogen-bond acceptors (Lipinski definition) is 7. The Bertz CT molecular complexity index is 1060. The quantitative estimate of drug-likeness (QED) is 0.306. The molecule has 1 fully saturated rings. The number of hydrogen-bond donors (Lipinski definition) is 1. The predicted octanol–water partition coefficient (Wildman–Crippen LogP) is 4.00. The number of carbonyl (C=O) groups excluding carboxylic acids is 1. The van der Waals surface area contributed by atoms with Gasteiger partial charge in [0, 0.05) is 50.9 Å². The molecule has 0 spiro atoms. The maximum Gasteiger partial charge on any atom is 0.416 e. The number of nitro benzene ring substituents is 1. The second-order valence-electron chi connectivity index (χ2n) is 8.07. The van der Waals surface area contributed by atoms with Crippen molar-refractivity contribution in [3.8, 4) is 5.88 Å².